The van der Waals surface area contributed by atoms with E-state index in [0.29, 0.717) is 11.1 Å². The van der Waals surface area contributed by atoms with Crippen molar-refractivity contribution < 1.29 is 0 Å². The number of nitrogens with zero attached hydrogens (tertiary/aromatic N) is 2. The van der Waals surface area contributed by atoms with Gasteiger partial charge in [-0.25, -0.2) is 4.98 Å². The molecule has 0 radical (unpaired) electrons. The number of halogens is 1. The molecule has 15 heavy (non-hydrogen) atoms. The van der Waals surface area contributed by atoms with E-state index in [1.54, 1.807) is 0 Å². The van der Waals surface area contributed by atoms with Gasteiger partial charge in [-0.1, -0.05) is 11.6 Å². The largest absolute Gasteiger partial charge is 0.331 e. The van der Waals surface area contributed by atoms with Gasteiger partial charge in [0, 0.05) is 12.1 Å². The van der Waals surface area contributed by atoms with Crippen LogP contribution in [-0.4, -0.2) is 15.1 Å². The third-order valence-electron chi connectivity index (χ3n) is 4.00. The van der Waals surface area contributed by atoms with Crippen molar-refractivity contribution in [1.82, 2.24) is 9.55 Å². The summed E-state index contributed by atoms with van der Waals surface area (Å²) in [4.78, 5) is 4.32. The summed E-state index contributed by atoms with van der Waals surface area (Å²) < 4.78 is 2.24. The van der Waals surface area contributed by atoms with E-state index >= 15 is 0 Å². The molecule has 82 valence electrons. The molecular weight excluding hydrogens is 210 g/mol. The Balaban J connectivity index is 1.92. The van der Waals surface area contributed by atoms with Gasteiger partial charge >= 0.3 is 0 Å². The number of hydrogen-bond donors (Lipinski definition) is 1. The summed E-state index contributed by atoms with van der Waals surface area (Å²) in [5, 5.41) is 0.682. The van der Waals surface area contributed by atoms with Gasteiger partial charge in [-0.2, -0.15) is 0 Å². The Morgan fingerprint density at radius 1 is 1.53 bits per heavy atom. The fourth-order valence-electron chi connectivity index (χ4n) is 2.73. The molecule has 1 unspecified atom stereocenters. The lowest BCUT2D eigenvalue weighted by Crippen LogP contribution is -2.37. The second kappa shape index (κ2) is 2.98. The number of fused-ring (bicyclic) bond motifs is 1. The quantitative estimate of drug-likeness (QED) is 0.794. The summed E-state index contributed by atoms with van der Waals surface area (Å²) in [6.07, 6.45) is 4.55. The number of imidazole rings is 1. The first-order valence-electron chi connectivity index (χ1n) is 5.60. The molecule has 1 fully saturated rings. The lowest BCUT2D eigenvalue weighted by molar-refractivity contribution is 0.314. The monoisotopic (exact) mass is 225 g/mol. The number of nitrogens with two attached hydrogens (primary N) is 1. The van der Waals surface area contributed by atoms with E-state index in [1.165, 1.54) is 25.0 Å². The van der Waals surface area contributed by atoms with Crippen molar-refractivity contribution in [2.75, 3.05) is 0 Å². The van der Waals surface area contributed by atoms with Gasteiger partial charge in [0.1, 0.15) is 5.82 Å². The maximum atomic E-state index is 6.26. The van der Waals surface area contributed by atoms with Gasteiger partial charge < -0.3 is 10.3 Å². The van der Waals surface area contributed by atoms with Gasteiger partial charge in [0.15, 0.2) is 5.15 Å². The zero-order valence-electron chi connectivity index (χ0n) is 8.96. The van der Waals surface area contributed by atoms with E-state index in [0.717, 1.165) is 18.8 Å². The molecule has 3 rings (SSSR count). The van der Waals surface area contributed by atoms with Crippen LogP contribution in [0.15, 0.2) is 0 Å². The summed E-state index contributed by atoms with van der Waals surface area (Å²) in [6, 6.07) is 0. The molecule has 0 bridgehead atoms. The van der Waals surface area contributed by atoms with Crippen LogP contribution in [-0.2, 0) is 13.0 Å². The molecule has 1 aliphatic carbocycles. The van der Waals surface area contributed by atoms with Crippen LogP contribution in [0.1, 0.15) is 30.8 Å². The van der Waals surface area contributed by atoms with Crippen molar-refractivity contribution in [2.45, 2.75) is 44.7 Å². The molecule has 0 amide bonds. The van der Waals surface area contributed by atoms with Crippen molar-refractivity contribution in [1.29, 1.82) is 0 Å². The maximum absolute atomic E-state index is 6.26. The minimum absolute atomic E-state index is 0.118. The minimum atomic E-state index is 0.118. The van der Waals surface area contributed by atoms with Gasteiger partial charge in [-0.15, -0.1) is 0 Å². The van der Waals surface area contributed by atoms with E-state index in [9.17, 15) is 0 Å². The zero-order valence-corrected chi connectivity index (χ0v) is 9.72. The van der Waals surface area contributed by atoms with Gasteiger partial charge in [0.05, 0.1) is 5.69 Å². The fourth-order valence-corrected chi connectivity index (χ4v) is 3.03. The predicted molar refractivity (Wildman–Crippen MR) is 59.9 cm³/mol. The average molecular weight is 226 g/mol. The van der Waals surface area contributed by atoms with Crippen molar-refractivity contribution in [2.24, 2.45) is 11.7 Å². The van der Waals surface area contributed by atoms with Crippen LogP contribution in [0.3, 0.4) is 0 Å². The molecule has 0 aromatic carbocycles. The third-order valence-corrected chi connectivity index (χ3v) is 4.30. The summed E-state index contributed by atoms with van der Waals surface area (Å²) in [5.41, 5.74) is 7.58. The topological polar surface area (TPSA) is 43.8 Å². The van der Waals surface area contributed by atoms with Crippen LogP contribution < -0.4 is 5.73 Å². The lowest BCUT2D eigenvalue weighted by Gasteiger charge is -2.29. The molecule has 1 aliphatic heterocycles. The van der Waals surface area contributed by atoms with Crippen LogP contribution in [0.25, 0.3) is 0 Å². The Morgan fingerprint density at radius 2 is 2.27 bits per heavy atom. The van der Waals surface area contributed by atoms with Crippen LogP contribution in [0.5, 0.6) is 0 Å². The summed E-state index contributed by atoms with van der Waals surface area (Å²) in [6.45, 7) is 3.05. The molecule has 3 nitrogen and oxygen atoms in total. The SMILES string of the molecule is Cc1nc(Cl)c2n1CCC(C1(N)CC1)C2. The molecule has 1 saturated carbocycles. The van der Waals surface area contributed by atoms with E-state index in [1.807, 2.05) is 6.92 Å². The Bertz CT molecular complexity index is 406. The van der Waals surface area contributed by atoms with E-state index in [4.69, 9.17) is 17.3 Å². The molecule has 1 atom stereocenters. The third kappa shape index (κ3) is 1.41. The number of hydrogen-bond acceptors (Lipinski definition) is 2. The molecule has 0 saturated heterocycles. The highest BCUT2D eigenvalue weighted by Gasteiger charge is 2.46. The van der Waals surface area contributed by atoms with E-state index < -0.39 is 0 Å². The minimum Gasteiger partial charge on any atom is -0.331 e. The summed E-state index contributed by atoms with van der Waals surface area (Å²) in [5.74, 6) is 1.65. The second-order valence-electron chi connectivity index (χ2n) is 4.97. The highest BCUT2D eigenvalue weighted by atomic mass is 35.5. The zero-order chi connectivity index (χ0) is 10.6. The first-order chi connectivity index (χ1) is 7.10. The van der Waals surface area contributed by atoms with E-state index in [-0.39, 0.29) is 5.54 Å². The maximum Gasteiger partial charge on any atom is 0.150 e. The molecule has 2 heterocycles. The molecule has 2 N–H and O–H groups in total. The van der Waals surface area contributed by atoms with Gasteiger partial charge in [0.2, 0.25) is 0 Å². The van der Waals surface area contributed by atoms with Gasteiger partial charge in [-0.3, -0.25) is 0 Å². The summed E-state index contributed by atoms with van der Waals surface area (Å²) >= 11 is 6.13. The molecule has 4 heteroatoms. The highest BCUT2D eigenvalue weighted by molar-refractivity contribution is 6.30. The standard InChI is InChI=1S/C11H16ClN3/c1-7-14-10(12)9-6-8(2-5-15(7)9)11(13)3-4-11/h8H,2-6,13H2,1H3. The molecule has 2 aliphatic rings. The fraction of sp³-hybridized carbons (Fsp3) is 0.727. The average Bonchev–Trinajstić information content (AvgIpc) is 2.90. The Hall–Kier alpha value is -0.540. The smallest absolute Gasteiger partial charge is 0.150 e. The predicted octanol–water partition coefficient (Wildman–Crippen LogP) is 1.90. The van der Waals surface area contributed by atoms with Crippen molar-refractivity contribution in [3.05, 3.63) is 16.7 Å². The van der Waals surface area contributed by atoms with Gasteiger partial charge in [-0.05, 0) is 38.5 Å². The van der Waals surface area contributed by atoms with Crippen LogP contribution in [0.4, 0.5) is 0 Å². The molecule has 0 spiro atoms. The van der Waals surface area contributed by atoms with Crippen molar-refractivity contribution in [3.8, 4) is 0 Å². The van der Waals surface area contributed by atoms with E-state index in [2.05, 4.69) is 9.55 Å². The number of rotatable bonds is 1. The Morgan fingerprint density at radius 3 is 2.93 bits per heavy atom. The molecular formula is C11H16ClN3. The Kier molecular flexibility index (Phi) is 1.92. The number of aromatic nitrogens is 2. The van der Waals surface area contributed by atoms with Crippen molar-refractivity contribution in [3.63, 3.8) is 0 Å². The van der Waals surface area contributed by atoms with Gasteiger partial charge in [0.25, 0.3) is 0 Å². The number of aryl methyl sites for hydroxylation is 1. The van der Waals surface area contributed by atoms with Crippen LogP contribution >= 0.6 is 11.6 Å². The van der Waals surface area contributed by atoms with Crippen molar-refractivity contribution >= 4 is 11.6 Å². The Labute approximate surface area is 94.6 Å². The molecule has 1 aromatic heterocycles. The summed E-state index contributed by atoms with van der Waals surface area (Å²) in [7, 11) is 0. The van der Waals surface area contributed by atoms with Crippen LogP contribution in [0.2, 0.25) is 5.15 Å². The molecule has 1 aromatic rings. The first-order valence-corrected chi connectivity index (χ1v) is 5.98. The van der Waals surface area contributed by atoms with Crippen LogP contribution in [0, 0.1) is 12.8 Å². The first kappa shape index (κ1) is 9.67. The normalized spacial score (nSPS) is 27.5. The lowest BCUT2D eigenvalue weighted by atomic mass is 9.87. The highest BCUT2D eigenvalue weighted by Crippen LogP contribution is 2.45. The second-order valence-corrected chi connectivity index (χ2v) is 5.33.